The van der Waals surface area contributed by atoms with E-state index in [-0.39, 0.29) is 5.82 Å². The molecule has 148 valence electrons. The predicted octanol–water partition coefficient (Wildman–Crippen LogP) is 3.18. The molecule has 0 atom stereocenters. The predicted molar refractivity (Wildman–Crippen MR) is 105 cm³/mol. The SMILES string of the molecule is COCCOc1ccc(Nc2ncc(F)c(NCCCNC(C)C)n2)cc1. The summed E-state index contributed by atoms with van der Waals surface area (Å²) in [5.41, 5.74) is 0.785. The van der Waals surface area contributed by atoms with Crippen LogP contribution >= 0.6 is 0 Å². The minimum atomic E-state index is -0.473. The maximum absolute atomic E-state index is 13.9. The van der Waals surface area contributed by atoms with E-state index in [9.17, 15) is 4.39 Å². The number of halogens is 1. The Morgan fingerprint density at radius 1 is 1.11 bits per heavy atom. The van der Waals surface area contributed by atoms with Crippen molar-refractivity contribution in [2.24, 2.45) is 0 Å². The molecule has 1 aromatic carbocycles. The summed E-state index contributed by atoms with van der Waals surface area (Å²) in [6, 6.07) is 7.80. The number of methoxy groups -OCH3 is 1. The molecule has 0 aliphatic heterocycles. The minimum Gasteiger partial charge on any atom is -0.491 e. The van der Waals surface area contributed by atoms with Crippen LogP contribution in [0.1, 0.15) is 20.3 Å². The number of anilines is 3. The Bertz CT molecular complexity index is 682. The molecule has 0 bridgehead atoms. The van der Waals surface area contributed by atoms with E-state index in [1.807, 2.05) is 24.3 Å². The zero-order valence-corrected chi connectivity index (χ0v) is 16.1. The number of benzene rings is 1. The molecule has 27 heavy (non-hydrogen) atoms. The summed E-state index contributed by atoms with van der Waals surface area (Å²) in [5.74, 6) is 0.790. The number of ether oxygens (including phenoxy) is 2. The number of nitrogens with one attached hydrogen (secondary N) is 3. The highest BCUT2D eigenvalue weighted by atomic mass is 19.1. The van der Waals surface area contributed by atoms with Gasteiger partial charge in [0.25, 0.3) is 0 Å². The summed E-state index contributed by atoms with van der Waals surface area (Å²) in [7, 11) is 1.63. The second-order valence-electron chi connectivity index (χ2n) is 6.27. The van der Waals surface area contributed by atoms with Crippen molar-refractivity contribution in [3.05, 3.63) is 36.3 Å². The summed E-state index contributed by atoms with van der Waals surface area (Å²) < 4.78 is 24.4. The summed E-state index contributed by atoms with van der Waals surface area (Å²) in [5, 5.41) is 9.39. The molecular formula is C19H28FN5O2. The van der Waals surface area contributed by atoms with Crippen molar-refractivity contribution in [1.82, 2.24) is 15.3 Å². The molecule has 1 aromatic heterocycles. The third-order valence-electron chi connectivity index (χ3n) is 3.61. The van der Waals surface area contributed by atoms with Crippen LogP contribution < -0.4 is 20.7 Å². The van der Waals surface area contributed by atoms with Crippen LogP contribution in [0.3, 0.4) is 0 Å². The van der Waals surface area contributed by atoms with Gasteiger partial charge in [-0.2, -0.15) is 4.98 Å². The first-order valence-corrected chi connectivity index (χ1v) is 9.07. The van der Waals surface area contributed by atoms with E-state index in [1.54, 1.807) is 7.11 Å². The summed E-state index contributed by atoms with van der Waals surface area (Å²) >= 11 is 0. The average Bonchev–Trinajstić information content (AvgIpc) is 2.65. The topological polar surface area (TPSA) is 80.3 Å². The molecule has 3 N–H and O–H groups in total. The van der Waals surface area contributed by atoms with E-state index in [0.29, 0.717) is 31.7 Å². The van der Waals surface area contributed by atoms with Gasteiger partial charge >= 0.3 is 0 Å². The van der Waals surface area contributed by atoms with Crippen LogP contribution in [0.2, 0.25) is 0 Å². The first-order chi connectivity index (χ1) is 13.1. The molecule has 0 unspecified atom stereocenters. The van der Waals surface area contributed by atoms with Crippen molar-refractivity contribution in [3.63, 3.8) is 0 Å². The van der Waals surface area contributed by atoms with Crippen molar-refractivity contribution in [2.45, 2.75) is 26.3 Å². The fraction of sp³-hybridized carbons (Fsp3) is 0.474. The number of nitrogens with zero attached hydrogens (tertiary/aromatic N) is 2. The molecule has 8 heteroatoms. The average molecular weight is 377 g/mol. The quantitative estimate of drug-likeness (QED) is 0.490. The van der Waals surface area contributed by atoms with Gasteiger partial charge < -0.3 is 25.4 Å². The lowest BCUT2D eigenvalue weighted by atomic mass is 10.3. The van der Waals surface area contributed by atoms with E-state index in [1.165, 1.54) is 0 Å². The smallest absolute Gasteiger partial charge is 0.229 e. The Hall–Kier alpha value is -2.45. The number of rotatable bonds is 12. The first-order valence-electron chi connectivity index (χ1n) is 9.07. The van der Waals surface area contributed by atoms with Gasteiger partial charge in [0.15, 0.2) is 11.6 Å². The van der Waals surface area contributed by atoms with Crippen molar-refractivity contribution < 1.29 is 13.9 Å². The van der Waals surface area contributed by atoms with Crippen molar-refractivity contribution >= 4 is 17.5 Å². The molecule has 0 amide bonds. The van der Waals surface area contributed by atoms with Crippen molar-refractivity contribution in [2.75, 3.05) is 44.0 Å². The molecule has 0 aliphatic rings. The van der Waals surface area contributed by atoms with Crippen molar-refractivity contribution in [1.29, 1.82) is 0 Å². The Kier molecular flexibility index (Phi) is 8.73. The highest BCUT2D eigenvalue weighted by Crippen LogP contribution is 2.19. The lowest BCUT2D eigenvalue weighted by Gasteiger charge is -2.11. The van der Waals surface area contributed by atoms with Crippen LogP contribution in [0.5, 0.6) is 5.75 Å². The Morgan fingerprint density at radius 3 is 2.59 bits per heavy atom. The van der Waals surface area contributed by atoms with Gasteiger partial charge in [-0.05, 0) is 37.2 Å². The lowest BCUT2D eigenvalue weighted by molar-refractivity contribution is 0.146. The van der Waals surface area contributed by atoms with Crippen LogP contribution in [-0.2, 0) is 4.74 Å². The van der Waals surface area contributed by atoms with Gasteiger partial charge in [-0.15, -0.1) is 0 Å². The van der Waals surface area contributed by atoms with Crippen LogP contribution in [0, 0.1) is 5.82 Å². The third kappa shape index (κ3) is 7.76. The Morgan fingerprint density at radius 2 is 1.89 bits per heavy atom. The maximum atomic E-state index is 13.9. The van der Waals surface area contributed by atoms with Gasteiger partial charge in [0, 0.05) is 25.4 Å². The standard InChI is InChI=1S/C19H28FN5O2/c1-14(2)21-9-4-10-22-18-17(20)13-23-19(25-18)24-15-5-7-16(8-6-15)27-12-11-26-3/h5-8,13-14,21H,4,9-12H2,1-3H3,(H2,22,23,24,25). The van der Waals surface area contributed by atoms with Crippen LogP contribution in [0.15, 0.2) is 30.5 Å². The molecule has 0 radical (unpaired) electrons. The summed E-state index contributed by atoms with van der Waals surface area (Å²) in [4.78, 5) is 8.19. The fourth-order valence-corrected chi connectivity index (χ4v) is 2.24. The monoisotopic (exact) mass is 377 g/mol. The number of hydrogen-bond acceptors (Lipinski definition) is 7. The van der Waals surface area contributed by atoms with Crippen LogP contribution in [0.25, 0.3) is 0 Å². The highest BCUT2D eigenvalue weighted by Gasteiger charge is 2.07. The number of aromatic nitrogens is 2. The van der Waals surface area contributed by atoms with Gasteiger partial charge in [0.05, 0.1) is 12.8 Å². The largest absolute Gasteiger partial charge is 0.491 e. The van der Waals surface area contributed by atoms with E-state index in [4.69, 9.17) is 9.47 Å². The fourth-order valence-electron chi connectivity index (χ4n) is 2.24. The molecule has 0 fully saturated rings. The first kappa shape index (κ1) is 20.9. The van der Waals surface area contributed by atoms with Crippen molar-refractivity contribution in [3.8, 4) is 5.75 Å². The molecule has 7 nitrogen and oxygen atoms in total. The van der Waals surface area contributed by atoms with Gasteiger partial charge in [-0.1, -0.05) is 13.8 Å². The van der Waals surface area contributed by atoms with E-state index >= 15 is 0 Å². The Labute approximate surface area is 159 Å². The van der Waals surface area contributed by atoms with Gasteiger partial charge in [0.2, 0.25) is 5.95 Å². The van der Waals surface area contributed by atoms with E-state index < -0.39 is 5.82 Å². The molecule has 2 aromatic rings. The molecule has 2 rings (SSSR count). The summed E-state index contributed by atoms with van der Waals surface area (Å²) in [6.45, 7) is 6.70. The maximum Gasteiger partial charge on any atom is 0.229 e. The Balaban J connectivity index is 1.87. The van der Waals surface area contributed by atoms with Gasteiger partial charge in [-0.25, -0.2) is 9.37 Å². The zero-order valence-electron chi connectivity index (χ0n) is 16.1. The molecule has 1 heterocycles. The van der Waals surface area contributed by atoms with Crippen LogP contribution in [-0.4, -0.2) is 49.4 Å². The second-order valence-corrected chi connectivity index (χ2v) is 6.27. The summed E-state index contributed by atoms with van der Waals surface area (Å²) in [6.07, 6.45) is 2.03. The molecular weight excluding hydrogens is 349 g/mol. The molecule has 0 aliphatic carbocycles. The van der Waals surface area contributed by atoms with E-state index in [2.05, 4.69) is 39.8 Å². The third-order valence-corrected chi connectivity index (χ3v) is 3.61. The molecule has 0 spiro atoms. The van der Waals surface area contributed by atoms with E-state index in [0.717, 1.165) is 30.6 Å². The minimum absolute atomic E-state index is 0.191. The molecule has 0 saturated carbocycles. The highest BCUT2D eigenvalue weighted by molar-refractivity contribution is 5.56. The van der Waals surface area contributed by atoms with Gasteiger partial charge in [-0.3, -0.25) is 0 Å². The van der Waals surface area contributed by atoms with Gasteiger partial charge in [0.1, 0.15) is 12.4 Å². The van der Waals surface area contributed by atoms with Crippen LogP contribution in [0.4, 0.5) is 21.8 Å². The molecule has 0 saturated heterocycles. The zero-order chi connectivity index (χ0) is 19.5. The lowest BCUT2D eigenvalue weighted by Crippen LogP contribution is -2.25. The normalized spacial score (nSPS) is 10.9. The number of hydrogen-bond donors (Lipinski definition) is 3. The second kappa shape index (κ2) is 11.3.